The second kappa shape index (κ2) is 3.94. The van der Waals surface area contributed by atoms with Crippen LogP contribution >= 0.6 is 15.9 Å². The molecule has 1 unspecified atom stereocenters. The molecule has 0 radical (unpaired) electrons. The normalized spacial score (nSPS) is 23.0. The van der Waals surface area contributed by atoms with Crippen LogP contribution in [-0.4, -0.2) is 6.09 Å². The fraction of sp³-hybridized carbons (Fsp3) is 0.250. The van der Waals surface area contributed by atoms with Gasteiger partial charge >= 0.3 is 6.09 Å². The zero-order valence-electron chi connectivity index (χ0n) is 8.92. The number of amides is 1. The predicted octanol–water partition coefficient (Wildman–Crippen LogP) is 3.80. The molecule has 1 aliphatic rings. The lowest BCUT2D eigenvalue weighted by Gasteiger charge is -2.35. The number of anilines is 1. The molecule has 1 aliphatic heterocycles. The first-order chi connectivity index (χ1) is 7.55. The van der Waals surface area contributed by atoms with Crippen LogP contribution in [-0.2, 0) is 10.3 Å². The van der Waals surface area contributed by atoms with Crippen molar-refractivity contribution >= 4 is 27.7 Å². The van der Waals surface area contributed by atoms with Crippen molar-refractivity contribution in [3.8, 4) is 0 Å². The molecule has 0 saturated heterocycles. The first-order valence-electron chi connectivity index (χ1n) is 4.96. The Morgan fingerprint density at radius 3 is 3.06 bits per heavy atom. The third-order valence-electron chi connectivity index (χ3n) is 2.64. The summed E-state index contributed by atoms with van der Waals surface area (Å²) in [6.45, 7) is 5.58. The van der Waals surface area contributed by atoms with Gasteiger partial charge in [-0.3, -0.25) is 5.32 Å². The highest BCUT2D eigenvalue weighted by Gasteiger charge is 2.36. The maximum Gasteiger partial charge on any atom is 0.412 e. The molecular weight excluding hydrogens is 270 g/mol. The van der Waals surface area contributed by atoms with Gasteiger partial charge in [0.05, 0.1) is 5.69 Å². The lowest BCUT2D eigenvalue weighted by Crippen LogP contribution is -2.36. The van der Waals surface area contributed by atoms with Crippen molar-refractivity contribution in [2.45, 2.75) is 18.9 Å². The maximum absolute atomic E-state index is 11.4. The minimum absolute atomic E-state index is 0.417. The number of carbonyl (C=O) groups excluding carboxylic acids is 1. The van der Waals surface area contributed by atoms with E-state index in [4.69, 9.17) is 4.74 Å². The van der Waals surface area contributed by atoms with Gasteiger partial charge in [-0.25, -0.2) is 4.79 Å². The SMILES string of the molecule is C=CCC1(C)OC(=O)Nc2ccc(Br)cc21. The lowest BCUT2D eigenvalue weighted by molar-refractivity contribution is 0.0291. The third kappa shape index (κ3) is 1.85. The molecule has 0 spiro atoms. The van der Waals surface area contributed by atoms with Gasteiger partial charge in [0, 0.05) is 16.5 Å². The van der Waals surface area contributed by atoms with Gasteiger partial charge in [0.15, 0.2) is 0 Å². The quantitative estimate of drug-likeness (QED) is 0.838. The molecule has 1 atom stereocenters. The molecule has 3 nitrogen and oxygen atoms in total. The maximum atomic E-state index is 11.4. The van der Waals surface area contributed by atoms with E-state index in [9.17, 15) is 4.79 Å². The van der Waals surface area contributed by atoms with E-state index in [1.54, 1.807) is 6.08 Å². The van der Waals surface area contributed by atoms with Crippen molar-refractivity contribution in [2.75, 3.05) is 5.32 Å². The summed E-state index contributed by atoms with van der Waals surface area (Å²) in [5, 5.41) is 2.68. The number of rotatable bonds is 2. The van der Waals surface area contributed by atoms with Crippen LogP contribution in [0.2, 0.25) is 0 Å². The van der Waals surface area contributed by atoms with Gasteiger partial charge in [0.1, 0.15) is 5.60 Å². The largest absolute Gasteiger partial charge is 0.438 e. The van der Waals surface area contributed by atoms with Crippen LogP contribution in [0.25, 0.3) is 0 Å². The summed E-state index contributed by atoms with van der Waals surface area (Å²) in [4.78, 5) is 11.4. The van der Waals surface area contributed by atoms with Gasteiger partial charge < -0.3 is 4.74 Å². The van der Waals surface area contributed by atoms with Gasteiger partial charge in [0.2, 0.25) is 0 Å². The smallest absolute Gasteiger partial charge is 0.412 e. The molecule has 1 N–H and O–H groups in total. The van der Waals surface area contributed by atoms with E-state index in [1.807, 2.05) is 25.1 Å². The molecule has 0 aliphatic carbocycles. The van der Waals surface area contributed by atoms with Crippen LogP contribution in [0.5, 0.6) is 0 Å². The number of benzene rings is 1. The Hall–Kier alpha value is -1.29. The van der Waals surface area contributed by atoms with Crippen molar-refractivity contribution < 1.29 is 9.53 Å². The minimum atomic E-state index is -0.636. The van der Waals surface area contributed by atoms with Crippen molar-refractivity contribution in [3.05, 3.63) is 40.9 Å². The second-order valence-electron chi connectivity index (χ2n) is 3.93. The van der Waals surface area contributed by atoms with E-state index in [0.29, 0.717) is 6.42 Å². The first-order valence-corrected chi connectivity index (χ1v) is 5.75. The van der Waals surface area contributed by atoms with Gasteiger partial charge in [0.25, 0.3) is 0 Å². The highest BCUT2D eigenvalue weighted by molar-refractivity contribution is 9.10. The van der Waals surface area contributed by atoms with E-state index < -0.39 is 11.7 Å². The van der Waals surface area contributed by atoms with Crippen molar-refractivity contribution in [1.29, 1.82) is 0 Å². The number of nitrogens with one attached hydrogen (secondary N) is 1. The Morgan fingerprint density at radius 2 is 2.38 bits per heavy atom. The minimum Gasteiger partial charge on any atom is -0.438 e. The van der Waals surface area contributed by atoms with Crippen molar-refractivity contribution in [1.82, 2.24) is 0 Å². The number of hydrogen-bond acceptors (Lipinski definition) is 2. The molecule has 0 fully saturated rings. The summed E-state index contributed by atoms with van der Waals surface area (Å²) in [5.41, 5.74) is 1.12. The highest BCUT2D eigenvalue weighted by atomic mass is 79.9. The van der Waals surface area contributed by atoms with E-state index in [-0.39, 0.29) is 0 Å². The number of halogens is 1. The van der Waals surface area contributed by atoms with Gasteiger partial charge in [-0.05, 0) is 25.1 Å². The van der Waals surface area contributed by atoms with Crippen LogP contribution < -0.4 is 5.32 Å². The molecule has 84 valence electrons. The molecule has 1 heterocycles. The van der Waals surface area contributed by atoms with E-state index in [1.165, 1.54) is 0 Å². The first kappa shape index (κ1) is 11.2. The van der Waals surface area contributed by atoms with Crippen LogP contribution in [0.1, 0.15) is 18.9 Å². The molecule has 1 aromatic rings. The number of fused-ring (bicyclic) bond motifs is 1. The average Bonchev–Trinajstić information content (AvgIpc) is 2.19. The van der Waals surface area contributed by atoms with Crippen LogP contribution in [0.15, 0.2) is 35.3 Å². The molecule has 2 rings (SSSR count). The lowest BCUT2D eigenvalue weighted by atomic mass is 9.90. The Balaban J connectivity index is 2.55. The molecule has 16 heavy (non-hydrogen) atoms. The van der Waals surface area contributed by atoms with Gasteiger partial charge in [-0.1, -0.05) is 22.0 Å². The summed E-state index contributed by atoms with van der Waals surface area (Å²) in [6, 6.07) is 5.71. The molecular formula is C12H12BrNO2. The van der Waals surface area contributed by atoms with Crippen molar-refractivity contribution in [2.24, 2.45) is 0 Å². The molecule has 4 heteroatoms. The van der Waals surface area contributed by atoms with Crippen LogP contribution in [0.4, 0.5) is 10.5 Å². The Morgan fingerprint density at radius 1 is 1.62 bits per heavy atom. The zero-order valence-corrected chi connectivity index (χ0v) is 10.5. The number of carbonyl (C=O) groups is 1. The van der Waals surface area contributed by atoms with E-state index >= 15 is 0 Å². The summed E-state index contributed by atoms with van der Waals surface area (Å²) in [5.74, 6) is 0. The van der Waals surface area contributed by atoms with Gasteiger partial charge in [-0.2, -0.15) is 0 Å². The van der Waals surface area contributed by atoms with E-state index in [0.717, 1.165) is 15.7 Å². The highest BCUT2D eigenvalue weighted by Crippen LogP contribution is 2.39. The fourth-order valence-electron chi connectivity index (χ4n) is 1.89. The van der Waals surface area contributed by atoms with Crippen LogP contribution in [0.3, 0.4) is 0 Å². The monoisotopic (exact) mass is 281 g/mol. The molecule has 0 bridgehead atoms. The molecule has 0 aromatic heterocycles. The number of ether oxygens (including phenoxy) is 1. The average molecular weight is 282 g/mol. The standard InChI is InChI=1S/C12H12BrNO2/c1-3-6-12(2)9-7-8(13)4-5-10(9)14-11(15)16-12/h3-5,7H,1,6H2,2H3,(H,14,15). The third-order valence-corrected chi connectivity index (χ3v) is 3.13. The van der Waals surface area contributed by atoms with Gasteiger partial charge in [-0.15, -0.1) is 6.58 Å². The Bertz CT molecular complexity index is 458. The zero-order chi connectivity index (χ0) is 11.8. The van der Waals surface area contributed by atoms with E-state index in [2.05, 4.69) is 27.8 Å². The number of cyclic esters (lactones) is 1. The Labute approximate surface area is 103 Å². The molecule has 0 saturated carbocycles. The second-order valence-corrected chi connectivity index (χ2v) is 4.84. The fourth-order valence-corrected chi connectivity index (χ4v) is 2.25. The van der Waals surface area contributed by atoms with Crippen molar-refractivity contribution in [3.63, 3.8) is 0 Å². The Kier molecular flexibility index (Phi) is 2.76. The predicted molar refractivity (Wildman–Crippen MR) is 66.4 cm³/mol. The summed E-state index contributed by atoms with van der Waals surface area (Å²) in [6.07, 6.45) is 1.92. The topological polar surface area (TPSA) is 38.3 Å². The molecule has 1 aromatic carbocycles. The number of hydrogen-bond donors (Lipinski definition) is 1. The summed E-state index contributed by atoms with van der Waals surface area (Å²) >= 11 is 3.41. The summed E-state index contributed by atoms with van der Waals surface area (Å²) < 4.78 is 6.31. The van der Waals surface area contributed by atoms with Crippen LogP contribution in [0, 0.1) is 0 Å². The summed E-state index contributed by atoms with van der Waals surface area (Å²) in [7, 11) is 0. The molecule has 1 amide bonds.